The second kappa shape index (κ2) is 9.36. The van der Waals surface area contributed by atoms with E-state index >= 15 is 0 Å². The molecule has 148 valence electrons. The molecule has 2 atom stereocenters. The molecule has 1 aromatic carbocycles. The first-order valence-corrected chi connectivity index (χ1v) is 10.4. The summed E-state index contributed by atoms with van der Waals surface area (Å²) in [5.74, 6) is 0.642. The molecular formula is C22H33N3O2. The van der Waals surface area contributed by atoms with Crippen LogP contribution in [0.4, 0.5) is 0 Å². The Labute approximate surface area is 163 Å². The molecule has 0 spiro atoms. The van der Waals surface area contributed by atoms with Crippen LogP contribution in [0.5, 0.6) is 0 Å². The first kappa shape index (κ1) is 19.9. The van der Waals surface area contributed by atoms with Gasteiger partial charge in [0, 0.05) is 14.1 Å². The van der Waals surface area contributed by atoms with Gasteiger partial charge in [-0.2, -0.15) is 0 Å². The lowest BCUT2D eigenvalue weighted by Gasteiger charge is -2.32. The minimum Gasteiger partial charge on any atom is -0.348 e. The maximum atomic E-state index is 12.9. The van der Waals surface area contributed by atoms with Gasteiger partial charge in [-0.15, -0.1) is 0 Å². The van der Waals surface area contributed by atoms with Crippen molar-refractivity contribution in [1.82, 2.24) is 15.1 Å². The van der Waals surface area contributed by atoms with Gasteiger partial charge in [0.25, 0.3) is 0 Å². The Kier molecular flexibility index (Phi) is 6.89. The molecule has 1 heterocycles. The summed E-state index contributed by atoms with van der Waals surface area (Å²) in [6.45, 7) is 1.12. The molecule has 1 aliphatic heterocycles. The highest BCUT2D eigenvalue weighted by Crippen LogP contribution is 2.34. The monoisotopic (exact) mass is 371 g/mol. The fourth-order valence-electron chi connectivity index (χ4n) is 4.60. The van der Waals surface area contributed by atoms with E-state index in [-0.39, 0.29) is 23.9 Å². The minimum atomic E-state index is -0.157. The van der Waals surface area contributed by atoms with E-state index in [1.54, 1.807) is 19.0 Å². The van der Waals surface area contributed by atoms with Crippen molar-refractivity contribution in [3.05, 3.63) is 35.9 Å². The smallest absolute Gasteiger partial charge is 0.239 e. The van der Waals surface area contributed by atoms with Crippen LogP contribution in [0.2, 0.25) is 0 Å². The maximum absolute atomic E-state index is 12.9. The number of amides is 2. The summed E-state index contributed by atoms with van der Waals surface area (Å²) in [4.78, 5) is 28.9. The van der Waals surface area contributed by atoms with Crippen LogP contribution in [0, 0.1) is 5.92 Å². The molecule has 5 heteroatoms. The molecule has 5 nitrogen and oxygen atoms in total. The van der Waals surface area contributed by atoms with Gasteiger partial charge in [0.1, 0.15) is 0 Å². The number of hydrogen-bond acceptors (Lipinski definition) is 3. The van der Waals surface area contributed by atoms with E-state index < -0.39 is 0 Å². The Morgan fingerprint density at radius 1 is 1.07 bits per heavy atom. The lowest BCUT2D eigenvalue weighted by atomic mass is 9.81. The number of carbonyl (C=O) groups is 2. The second-order valence-corrected chi connectivity index (χ2v) is 8.22. The number of benzene rings is 1. The molecule has 1 N–H and O–H groups in total. The van der Waals surface area contributed by atoms with Crippen molar-refractivity contribution in [2.24, 2.45) is 5.92 Å². The third-order valence-corrected chi connectivity index (χ3v) is 6.03. The van der Waals surface area contributed by atoms with Gasteiger partial charge in [0.05, 0.1) is 18.6 Å². The van der Waals surface area contributed by atoms with E-state index in [1.807, 2.05) is 23.1 Å². The maximum Gasteiger partial charge on any atom is 0.239 e. The largest absolute Gasteiger partial charge is 0.348 e. The summed E-state index contributed by atoms with van der Waals surface area (Å²) in [7, 11) is 3.57. The Balaban J connectivity index is 1.66. The lowest BCUT2D eigenvalue weighted by Crippen LogP contribution is -2.47. The van der Waals surface area contributed by atoms with Crippen molar-refractivity contribution in [1.29, 1.82) is 0 Å². The van der Waals surface area contributed by atoms with Crippen LogP contribution in [0.15, 0.2) is 30.3 Å². The van der Waals surface area contributed by atoms with Crippen molar-refractivity contribution >= 4 is 11.8 Å². The topological polar surface area (TPSA) is 52.7 Å². The van der Waals surface area contributed by atoms with Gasteiger partial charge >= 0.3 is 0 Å². The van der Waals surface area contributed by atoms with E-state index in [4.69, 9.17) is 0 Å². The van der Waals surface area contributed by atoms with Gasteiger partial charge in [0.15, 0.2) is 0 Å². The highest BCUT2D eigenvalue weighted by atomic mass is 16.2. The first-order valence-electron chi connectivity index (χ1n) is 10.4. The number of nitrogens with one attached hydrogen (secondary N) is 1. The predicted molar refractivity (Wildman–Crippen MR) is 107 cm³/mol. The SMILES string of the molecule is CN(C)C(=O)C1CCCN1CC(=O)NC(c1ccccc1)C1CCCCC1. The van der Waals surface area contributed by atoms with Crippen LogP contribution in [0.1, 0.15) is 56.6 Å². The molecule has 1 aromatic rings. The summed E-state index contributed by atoms with van der Waals surface area (Å²) in [6.07, 6.45) is 7.95. The Morgan fingerprint density at radius 2 is 1.78 bits per heavy atom. The highest BCUT2D eigenvalue weighted by molar-refractivity contribution is 5.84. The number of hydrogen-bond donors (Lipinski definition) is 1. The molecule has 2 aliphatic rings. The van der Waals surface area contributed by atoms with Gasteiger partial charge in [-0.3, -0.25) is 14.5 Å². The molecule has 0 bridgehead atoms. The number of carbonyl (C=O) groups excluding carboxylic acids is 2. The van der Waals surface area contributed by atoms with Gasteiger partial charge in [-0.25, -0.2) is 0 Å². The summed E-state index contributed by atoms with van der Waals surface area (Å²) in [5.41, 5.74) is 1.19. The molecule has 3 rings (SSSR count). The summed E-state index contributed by atoms with van der Waals surface area (Å²) in [5, 5.41) is 3.31. The standard InChI is InChI=1S/C22H33N3O2/c1-24(2)22(27)19-14-9-15-25(19)16-20(26)23-21(17-10-5-3-6-11-17)18-12-7-4-8-13-18/h3,5-6,10-11,18-19,21H,4,7-9,12-16H2,1-2H3,(H,23,26). The van der Waals surface area contributed by atoms with E-state index in [9.17, 15) is 9.59 Å². The van der Waals surface area contributed by atoms with E-state index in [1.165, 1.54) is 37.7 Å². The normalized spacial score (nSPS) is 22.4. The van der Waals surface area contributed by atoms with E-state index in [0.717, 1.165) is 19.4 Å². The summed E-state index contributed by atoms with van der Waals surface area (Å²) in [6, 6.07) is 10.3. The van der Waals surface area contributed by atoms with E-state index in [0.29, 0.717) is 12.5 Å². The Hall–Kier alpha value is -1.88. The first-order chi connectivity index (χ1) is 13.1. The zero-order chi connectivity index (χ0) is 19.2. The number of likely N-dealkylation sites (tertiary alicyclic amines) is 1. The van der Waals surface area contributed by atoms with Crippen LogP contribution >= 0.6 is 0 Å². The molecule has 2 amide bonds. The Morgan fingerprint density at radius 3 is 2.44 bits per heavy atom. The van der Waals surface area contributed by atoms with Crippen molar-refractivity contribution in [2.75, 3.05) is 27.2 Å². The molecule has 0 radical (unpaired) electrons. The molecule has 1 saturated carbocycles. The van der Waals surface area contributed by atoms with Gasteiger partial charge in [0.2, 0.25) is 11.8 Å². The van der Waals surface area contributed by atoms with Crippen LogP contribution in [-0.4, -0.2) is 54.8 Å². The zero-order valence-electron chi connectivity index (χ0n) is 16.7. The summed E-state index contributed by atoms with van der Waals surface area (Å²) >= 11 is 0. The number of nitrogens with zero attached hydrogens (tertiary/aromatic N) is 2. The molecule has 0 aromatic heterocycles. The summed E-state index contributed by atoms with van der Waals surface area (Å²) < 4.78 is 0. The minimum absolute atomic E-state index is 0.0351. The third kappa shape index (κ3) is 5.10. The van der Waals surface area contributed by atoms with Crippen LogP contribution < -0.4 is 5.32 Å². The molecular weight excluding hydrogens is 338 g/mol. The van der Waals surface area contributed by atoms with Crippen LogP contribution in [-0.2, 0) is 9.59 Å². The van der Waals surface area contributed by atoms with Crippen LogP contribution in [0.3, 0.4) is 0 Å². The van der Waals surface area contributed by atoms with Crippen molar-refractivity contribution in [3.8, 4) is 0 Å². The third-order valence-electron chi connectivity index (χ3n) is 6.03. The quantitative estimate of drug-likeness (QED) is 0.836. The number of rotatable bonds is 6. The van der Waals surface area contributed by atoms with Gasteiger partial charge in [-0.05, 0) is 43.7 Å². The molecule has 2 fully saturated rings. The molecule has 1 aliphatic carbocycles. The van der Waals surface area contributed by atoms with Crippen molar-refractivity contribution in [3.63, 3.8) is 0 Å². The van der Waals surface area contributed by atoms with E-state index in [2.05, 4.69) is 17.4 Å². The fraction of sp³-hybridized carbons (Fsp3) is 0.636. The lowest BCUT2D eigenvalue weighted by molar-refractivity contribution is -0.134. The van der Waals surface area contributed by atoms with Crippen LogP contribution in [0.25, 0.3) is 0 Å². The fourth-order valence-corrected chi connectivity index (χ4v) is 4.60. The zero-order valence-corrected chi connectivity index (χ0v) is 16.7. The second-order valence-electron chi connectivity index (χ2n) is 8.22. The molecule has 27 heavy (non-hydrogen) atoms. The Bertz CT molecular complexity index is 626. The number of likely N-dealkylation sites (N-methyl/N-ethyl adjacent to an activating group) is 1. The van der Waals surface area contributed by atoms with Gasteiger partial charge in [-0.1, -0.05) is 49.6 Å². The van der Waals surface area contributed by atoms with Crippen molar-refractivity contribution < 1.29 is 9.59 Å². The molecule has 1 saturated heterocycles. The average molecular weight is 372 g/mol. The predicted octanol–water partition coefficient (Wildman–Crippen LogP) is 2.98. The molecule has 2 unspecified atom stereocenters. The van der Waals surface area contributed by atoms with Crippen molar-refractivity contribution in [2.45, 2.75) is 57.0 Å². The highest BCUT2D eigenvalue weighted by Gasteiger charge is 2.34. The van der Waals surface area contributed by atoms with Gasteiger partial charge < -0.3 is 10.2 Å². The average Bonchev–Trinajstić information content (AvgIpc) is 3.14.